The summed E-state index contributed by atoms with van der Waals surface area (Å²) in [5, 5.41) is 20.7. The summed E-state index contributed by atoms with van der Waals surface area (Å²) in [6.07, 6.45) is 0. The average molecular weight is 563 g/mol. The molecule has 0 aliphatic heterocycles. The van der Waals surface area contributed by atoms with E-state index in [1.807, 2.05) is 18.2 Å². The van der Waals surface area contributed by atoms with Crippen molar-refractivity contribution in [1.82, 2.24) is 0 Å². The number of hydrogen-bond donors (Lipinski definition) is 4. The summed E-state index contributed by atoms with van der Waals surface area (Å²) < 4.78 is 26.2. The minimum atomic E-state index is -3.85. The summed E-state index contributed by atoms with van der Waals surface area (Å²) in [6.45, 7) is 1.94. The molecule has 0 radical (unpaired) electrons. The van der Waals surface area contributed by atoms with Gasteiger partial charge in [-0.25, -0.2) is 18.1 Å². The highest BCUT2D eigenvalue weighted by atomic mass is 32.2. The third-order valence-corrected chi connectivity index (χ3v) is 7.78. The van der Waals surface area contributed by atoms with E-state index in [2.05, 4.69) is 15.7 Å². The molecule has 0 saturated heterocycles. The maximum absolute atomic E-state index is 13.1. The lowest BCUT2D eigenvalue weighted by Crippen LogP contribution is -2.16. The van der Waals surface area contributed by atoms with Crippen LogP contribution >= 0.6 is 0 Å². The minimum Gasteiger partial charge on any atom is -0.478 e. The second-order valence-corrected chi connectivity index (χ2v) is 10.7. The number of aromatic carboxylic acids is 1. The van der Waals surface area contributed by atoms with E-state index < -0.39 is 21.7 Å². The van der Waals surface area contributed by atoms with Crippen LogP contribution in [0.5, 0.6) is 0 Å². The number of sulfone groups is 1. The van der Waals surface area contributed by atoms with Gasteiger partial charge in [0.1, 0.15) is 6.61 Å². The number of carboxylic acids is 1. The van der Waals surface area contributed by atoms with Crippen molar-refractivity contribution >= 4 is 33.1 Å². The summed E-state index contributed by atoms with van der Waals surface area (Å²) in [7, 11) is -3.85. The van der Waals surface area contributed by atoms with Crippen LogP contribution in [0.25, 0.3) is 0 Å². The van der Waals surface area contributed by atoms with Gasteiger partial charge in [-0.1, -0.05) is 35.9 Å². The van der Waals surface area contributed by atoms with Crippen molar-refractivity contribution in [3.8, 4) is 0 Å². The lowest BCUT2D eigenvalue weighted by Gasteiger charge is -2.11. The largest absolute Gasteiger partial charge is 0.478 e. The Morgan fingerprint density at radius 3 is 1.93 bits per heavy atom. The summed E-state index contributed by atoms with van der Waals surface area (Å²) in [4.78, 5) is 34.0. The number of aryl methyl sites for hydroxylation is 1. The van der Waals surface area contributed by atoms with E-state index in [0.29, 0.717) is 16.9 Å². The Hall–Kier alpha value is -4.55. The quantitative estimate of drug-likeness (QED) is 0.141. The van der Waals surface area contributed by atoms with Crippen LogP contribution in [0.3, 0.4) is 0 Å². The van der Waals surface area contributed by atoms with Crippen molar-refractivity contribution in [2.45, 2.75) is 29.9 Å². The number of rotatable bonds is 11. The maximum atomic E-state index is 13.1. The Morgan fingerprint density at radius 1 is 0.775 bits per heavy atom. The number of benzene rings is 4. The Kier molecular flexibility index (Phi) is 8.92. The number of carboxylic acid groups (broad SMARTS) is 1. The fraction of sp³-hybridized carbons (Fsp3) is 0.103. The Labute approximate surface area is 230 Å². The highest BCUT2D eigenvalue weighted by Crippen LogP contribution is 2.24. The SMILES string of the molecule is Cc1ccc(C(=O)Nc2ccc(S(=O)(=O)c3ccc(NOCc4ccccc4COO)cc3)cc2)c(C(=O)O)c1. The van der Waals surface area contributed by atoms with Gasteiger partial charge in [0.2, 0.25) is 9.84 Å². The molecule has 206 valence electrons. The molecule has 4 N–H and O–H groups in total. The summed E-state index contributed by atoms with van der Waals surface area (Å²) in [5.74, 6) is -1.84. The molecule has 11 heteroatoms. The number of nitrogens with one attached hydrogen (secondary N) is 2. The normalized spacial score (nSPS) is 11.2. The fourth-order valence-corrected chi connectivity index (χ4v) is 5.15. The zero-order valence-corrected chi connectivity index (χ0v) is 22.1. The van der Waals surface area contributed by atoms with E-state index in [1.54, 1.807) is 31.2 Å². The number of anilines is 2. The third kappa shape index (κ3) is 6.71. The smallest absolute Gasteiger partial charge is 0.336 e. The topological polar surface area (TPSA) is 151 Å². The second kappa shape index (κ2) is 12.5. The first-order valence-electron chi connectivity index (χ1n) is 12.0. The Balaban J connectivity index is 1.39. The van der Waals surface area contributed by atoms with Gasteiger partial charge in [0.05, 0.1) is 33.2 Å². The van der Waals surface area contributed by atoms with Gasteiger partial charge in [0, 0.05) is 5.69 Å². The zero-order valence-electron chi connectivity index (χ0n) is 21.3. The molecule has 0 saturated carbocycles. The van der Waals surface area contributed by atoms with Crippen LogP contribution in [0.15, 0.2) is 101 Å². The van der Waals surface area contributed by atoms with E-state index in [9.17, 15) is 23.1 Å². The molecule has 4 rings (SSSR count). The summed E-state index contributed by atoms with van der Waals surface area (Å²) in [5.41, 5.74) is 5.75. The predicted molar refractivity (Wildman–Crippen MR) is 147 cm³/mol. The minimum absolute atomic E-state index is 0.00383. The van der Waals surface area contributed by atoms with Crippen LogP contribution in [-0.2, 0) is 32.8 Å². The number of carbonyl (C=O) groups is 2. The molecule has 0 aliphatic carbocycles. The van der Waals surface area contributed by atoms with Crippen LogP contribution < -0.4 is 10.8 Å². The first kappa shape index (κ1) is 28.5. The second-order valence-electron chi connectivity index (χ2n) is 8.79. The first-order valence-corrected chi connectivity index (χ1v) is 13.5. The van der Waals surface area contributed by atoms with Crippen LogP contribution in [-0.4, -0.2) is 30.7 Å². The van der Waals surface area contributed by atoms with E-state index in [1.165, 1.54) is 48.5 Å². The molecule has 10 nitrogen and oxygen atoms in total. The average Bonchev–Trinajstić information content (AvgIpc) is 2.94. The Morgan fingerprint density at radius 2 is 1.35 bits per heavy atom. The van der Waals surface area contributed by atoms with Crippen LogP contribution in [0.2, 0.25) is 0 Å². The standard InChI is InChI=1S/C29H26N2O8S/c1-19-6-15-26(27(16-19)29(33)34)28(32)30-22-7-11-24(12-8-22)40(36,37)25-13-9-23(10-14-25)31-38-17-20-4-2-3-5-21(20)18-39-35/h2-16,31,35H,17-18H2,1H3,(H,30,32)(H,33,34). The van der Waals surface area contributed by atoms with Gasteiger partial charge >= 0.3 is 5.97 Å². The molecule has 4 aromatic rings. The number of hydrogen-bond acceptors (Lipinski definition) is 8. The van der Waals surface area contributed by atoms with Crippen molar-refractivity contribution < 1.29 is 38.1 Å². The molecule has 0 unspecified atom stereocenters. The van der Waals surface area contributed by atoms with Gasteiger partial charge in [-0.2, -0.15) is 0 Å². The van der Waals surface area contributed by atoms with Gasteiger partial charge in [0.15, 0.2) is 0 Å². The van der Waals surface area contributed by atoms with Gasteiger partial charge in [0.25, 0.3) is 5.91 Å². The highest BCUT2D eigenvalue weighted by Gasteiger charge is 2.19. The fourth-order valence-electron chi connectivity index (χ4n) is 3.89. The number of carbonyl (C=O) groups excluding carboxylic acids is 1. The molecular formula is C29H26N2O8S. The van der Waals surface area contributed by atoms with E-state index in [0.717, 1.165) is 11.1 Å². The van der Waals surface area contributed by atoms with Crippen LogP contribution in [0.4, 0.5) is 11.4 Å². The molecule has 0 aromatic heterocycles. The van der Waals surface area contributed by atoms with Crippen LogP contribution in [0.1, 0.15) is 37.4 Å². The molecule has 1 amide bonds. The van der Waals surface area contributed by atoms with Crippen molar-refractivity contribution in [1.29, 1.82) is 0 Å². The lowest BCUT2D eigenvalue weighted by atomic mass is 10.0. The molecule has 0 heterocycles. The highest BCUT2D eigenvalue weighted by molar-refractivity contribution is 7.91. The summed E-state index contributed by atoms with van der Waals surface area (Å²) >= 11 is 0. The van der Waals surface area contributed by atoms with Crippen molar-refractivity contribution in [3.05, 3.63) is 119 Å². The van der Waals surface area contributed by atoms with E-state index >= 15 is 0 Å². The third-order valence-electron chi connectivity index (χ3n) is 5.99. The molecule has 4 aromatic carbocycles. The molecule has 0 aliphatic rings. The van der Waals surface area contributed by atoms with Gasteiger partial charge in [-0.3, -0.25) is 20.4 Å². The molecule has 0 fully saturated rings. The molecule has 0 atom stereocenters. The van der Waals surface area contributed by atoms with E-state index in [-0.39, 0.29) is 34.1 Å². The molecule has 40 heavy (non-hydrogen) atoms. The Bertz CT molecular complexity index is 1620. The predicted octanol–water partition coefficient (Wildman–Crippen LogP) is 5.31. The number of amides is 1. The zero-order chi connectivity index (χ0) is 28.7. The summed E-state index contributed by atoms with van der Waals surface area (Å²) in [6, 6.07) is 23.4. The molecule has 0 bridgehead atoms. The first-order chi connectivity index (χ1) is 19.2. The maximum Gasteiger partial charge on any atom is 0.336 e. The van der Waals surface area contributed by atoms with Crippen LogP contribution in [0, 0.1) is 6.92 Å². The van der Waals surface area contributed by atoms with Gasteiger partial charge < -0.3 is 10.4 Å². The van der Waals surface area contributed by atoms with Gasteiger partial charge in [-0.15, -0.1) is 0 Å². The van der Waals surface area contributed by atoms with Crippen molar-refractivity contribution in [3.63, 3.8) is 0 Å². The monoisotopic (exact) mass is 562 g/mol. The van der Waals surface area contributed by atoms with Gasteiger partial charge in [-0.05, 0) is 78.7 Å². The lowest BCUT2D eigenvalue weighted by molar-refractivity contribution is -0.253. The molecular weight excluding hydrogens is 536 g/mol. The van der Waals surface area contributed by atoms with E-state index in [4.69, 9.17) is 10.1 Å². The van der Waals surface area contributed by atoms with Crippen molar-refractivity contribution in [2.24, 2.45) is 0 Å². The van der Waals surface area contributed by atoms with Crippen molar-refractivity contribution in [2.75, 3.05) is 10.8 Å². The molecule has 0 spiro atoms.